The van der Waals surface area contributed by atoms with E-state index in [1.165, 1.54) is 250 Å². The molecule has 0 saturated carbocycles. The number of esters is 3. The Balaban J connectivity index is 4.08. The van der Waals surface area contributed by atoms with Gasteiger partial charge in [-0.3, -0.25) is 14.4 Å². The van der Waals surface area contributed by atoms with Crippen LogP contribution in [0, 0.1) is 0 Å². The Morgan fingerprint density at radius 1 is 0.270 bits per heavy atom. The molecular weight excluding hydrogens is 913 g/mol. The molecule has 1 unspecified atom stereocenters. The van der Waals surface area contributed by atoms with Crippen molar-refractivity contribution in [3.63, 3.8) is 0 Å². The van der Waals surface area contributed by atoms with Gasteiger partial charge in [0, 0.05) is 19.3 Å². The summed E-state index contributed by atoms with van der Waals surface area (Å²) in [7, 11) is 0. The van der Waals surface area contributed by atoms with Crippen molar-refractivity contribution < 1.29 is 28.6 Å². The molecule has 0 aliphatic carbocycles. The molecule has 0 radical (unpaired) electrons. The van der Waals surface area contributed by atoms with Gasteiger partial charge in [-0.05, 0) is 77.0 Å². The maximum absolute atomic E-state index is 12.8. The Morgan fingerprint density at radius 2 is 0.486 bits per heavy atom. The first kappa shape index (κ1) is 71.6. The van der Waals surface area contributed by atoms with Gasteiger partial charge in [-0.1, -0.05) is 301 Å². The minimum Gasteiger partial charge on any atom is -0.462 e. The lowest BCUT2D eigenvalue weighted by molar-refractivity contribution is -0.167. The number of hydrogen-bond acceptors (Lipinski definition) is 6. The molecule has 0 saturated heterocycles. The van der Waals surface area contributed by atoms with Gasteiger partial charge in [0.05, 0.1) is 0 Å². The molecule has 1 atom stereocenters. The maximum atomic E-state index is 12.8. The van der Waals surface area contributed by atoms with Crippen molar-refractivity contribution in [2.45, 2.75) is 367 Å². The van der Waals surface area contributed by atoms with Gasteiger partial charge in [0.1, 0.15) is 13.2 Å². The quantitative estimate of drug-likeness (QED) is 0.0261. The molecule has 6 nitrogen and oxygen atoms in total. The van der Waals surface area contributed by atoms with Gasteiger partial charge in [0.15, 0.2) is 6.10 Å². The van der Waals surface area contributed by atoms with E-state index in [1.807, 2.05) is 0 Å². The lowest BCUT2D eigenvalue weighted by atomic mass is 10.0. The van der Waals surface area contributed by atoms with E-state index in [0.29, 0.717) is 19.3 Å². The molecule has 0 rings (SSSR count). The number of allylic oxidation sites excluding steroid dienone is 6. The first-order chi connectivity index (χ1) is 36.5. The Morgan fingerprint density at radius 3 is 0.757 bits per heavy atom. The first-order valence-electron chi connectivity index (χ1n) is 33.0. The highest BCUT2D eigenvalue weighted by Gasteiger charge is 2.19. The monoisotopic (exact) mass is 1040 g/mol. The predicted octanol–water partition coefficient (Wildman–Crippen LogP) is 22.4. The highest BCUT2D eigenvalue weighted by molar-refractivity contribution is 5.71. The van der Waals surface area contributed by atoms with Gasteiger partial charge in [-0.2, -0.15) is 0 Å². The molecule has 0 bridgehead atoms. The summed E-state index contributed by atoms with van der Waals surface area (Å²) in [5.74, 6) is -0.857. The van der Waals surface area contributed by atoms with E-state index < -0.39 is 6.10 Å². The summed E-state index contributed by atoms with van der Waals surface area (Å²) in [4.78, 5) is 38.2. The summed E-state index contributed by atoms with van der Waals surface area (Å²) in [6.07, 6.45) is 77.5. The number of ether oxygens (including phenoxy) is 3. The van der Waals surface area contributed by atoms with Gasteiger partial charge in [-0.25, -0.2) is 0 Å². The molecule has 0 N–H and O–H groups in total. The third kappa shape index (κ3) is 60.5. The summed E-state index contributed by atoms with van der Waals surface area (Å²) < 4.78 is 16.9. The predicted molar refractivity (Wildman–Crippen MR) is 321 cm³/mol. The lowest BCUT2D eigenvalue weighted by Gasteiger charge is -2.18. The van der Waals surface area contributed by atoms with Crippen molar-refractivity contribution in [3.05, 3.63) is 36.5 Å². The van der Waals surface area contributed by atoms with Crippen molar-refractivity contribution in [3.8, 4) is 0 Å². The highest BCUT2D eigenvalue weighted by Crippen LogP contribution is 2.18. The molecule has 0 aromatic carbocycles. The summed E-state index contributed by atoms with van der Waals surface area (Å²) in [6, 6.07) is 0. The van der Waals surface area contributed by atoms with Gasteiger partial charge < -0.3 is 14.2 Å². The van der Waals surface area contributed by atoms with Gasteiger partial charge in [-0.15, -0.1) is 0 Å². The number of unbranched alkanes of at least 4 members (excludes halogenated alkanes) is 44. The van der Waals surface area contributed by atoms with Crippen LogP contribution in [0.15, 0.2) is 36.5 Å². The van der Waals surface area contributed by atoms with Crippen molar-refractivity contribution in [1.29, 1.82) is 0 Å². The van der Waals surface area contributed by atoms with E-state index in [0.717, 1.165) is 70.6 Å². The second-order valence-electron chi connectivity index (χ2n) is 22.4. The van der Waals surface area contributed by atoms with E-state index in [-0.39, 0.29) is 31.1 Å². The molecule has 0 heterocycles. The van der Waals surface area contributed by atoms with Crippen molar-refractivity contribution >= 4 is 17.9 Å². The summed E-state index contributed by atoms with van der Waals surface area (Å²) in [6.45, 7) is 6.66. The molecule has 0 aliphatic rings. The van der Waals surface area contributed by atoms with Crippen LogP contribution < -0.4 is 0 Å². The largest absolute Gasteiger partial charge is 0.462 e. The minimum absolute atomic E-state index is 0.0701. The highest BCUT2D eigenvalue weighted by atomic mass is 16.6. The van der Waals surface area contributed by atoms with Crippen LogP contribution in [-0.2, 0) is 28.6 Å². The van der Waals surface area contributed by atoms with Crippen LogP contribution in [0.25, 0.3) is 0 Å². The van der Waals surface area contributed by atoms with Crippen LogP contribution in [0.1, 0.15) is 361 Å². The van der Waals surface area contributed by atoms with Gasteiger partial charge >= 0.3 is 17.9 Å². The fraction of sp³-hybridized carbons (Fsp3) is 0.868. The Hall–Kier alpha value is -2.37. The second kappa shape index (κ2) is 63.2. The number of hydrogen-bond donors (Lipinski definition) is 0. The lowest BCUT2D eigenvalue weighted by Crippen LogP contribution is -2.30. The number of carbonyl (C=O) groups excluding carboxylic acids is 3. The van der Waals surface area contributed by atoms with Crippen molar-refractivity contribution in [2.75, 3.05) is 13.2 Å². The molecule has 0 aromatic heterocycles. The van der Waals surface area contributed by atoms with Crippen LogP contribution in [-0.4, -0.2) is 37.2 Å². The maximum Gasteiger partial charge on any atom is 0.306 e. The fourth-order valence-electron chi connectivity index (χ4n) is 9.88. The zero-order chi connectivity index (χ0) is 53.6. The average molecular weight is 1040 g/mol. The topological polar surface area (TPSA) is 78.9 Å². The van der Waals surface area contributed by atoms with Crippen molar-refractivity contribution in [1.82, 2.24) is 0 Å². The average Bonchev–Trinajstić information content (AvgIpc) is 3.40. The minimum atomic E-state index is -0.772. The van der Waals surface area contributed by atoms with Crippen LogP contribution in [0.4, 0.5) is 0 Å². The normalized spacial score (nSPS) is 12.2. The molecule has 0 aliphatic heterocycles. The summed E-state index contributed by atoms with van der Waals surface area (Å²) in [5.41, 5.74) is 0. The standard InChI is InChI=1S/C68H126O6/c1-4-7-10-13-16-19-22-24-26-27-28-29-30-31-32-33-34-35-36-37-38-39-40-41-42-44-46-49-52-55-58-61-67(70)73-64-65(63-72-66(69)60-57-54-51-48-45-21-18-15-12-9-6-3)74-68(71)62-59-56-53-50-47-43-25-23-20-17-14-11-8-5-2/h22-25,27-28,65H,4-21,26,29-64H2,1-3H3/b24-22-,25-23-,28-27-. The first-order valence-corrected chi connectivity index (χ1v) is 33.0. The Bertz CT molecular complexity index is 1240. The molecule has 0 amide bonds. The fourth-order valence-corrected chi connectivity index (χ4v) is 9.88. The van der Waals surface area contributed by atoms with Gasteiger partial charge in [0.25, 0.3) is 0 Å². The molecule has 0 spiro atoms. The van der Waals surface area contributed by atoms with E-state index in [9.17, 15) is 14.4 Å². The number of rotatable bonds is 61. The number of carbonyl (C=O) groups is 3. The van der Waals surface area contributed by atoms with Crippen LogP contribution in [0.2, 0.25) is 0 Å². The smallest absolute Gasteiger partial charge is 0.306 e. The Labute approximate surface area is 461 Å². The SMILES string of the molecule is CCCCCCC/C=C\C/C=C\CCCCCCCCCCCCCCCCCCCCCC(=O)OCC(COC(=O)CCCCCCCCCCCCC)OC(=O)CCCCCCC/C=C\CCCCCCC. The molecular formula is C68H126O6. The zero-order valence-corrected chi connectivity index (χ0v) is 49.9. The Kier molecular flexibility index (Phi) is 61.1. The van der Waals surface area contributed by atoms with Crippen LogP contribution in [0.3, 0.4) is 0 Å². The second-order valence-corrected chi connectivity index (χ2v) is 22.4. The molecule has 0 aromatic rings. The third-order valence-electron chi connectivity index (χ3n) is 14.9. The summed E-state index contributed by atoms with van der Waals surface area (Å²) >= 11 is 0. The van der Waals surface area contributed by atoms with E-state index >= 15 is 0 Å². The van der Waals surface area contributed by atoms with Gasteiger partial charge in [0.2, 0.25) is 0 Å². The van der Waals surface area contributed by atoms with E-state index in [1.54, 1.807) is 0 Å². The van der Waals surface area contributed by atoms with Crippen molar-refractivity contribution in [2.24, 2.45) is 0 Å². The van der Waals surface area contributed by atoms with E-state index in [4.69, 9.17) is 14.2 Å². The van der Waals surface area contributed by atoms with Crippen LogP contribution >= 0.6 is 0 Å². The molecule has 6 heteroatoms. The molecule has 0 fully saturated rings. The molecule has 74 heavy (non-hydrogen) atoms. The third-order valence-corrected chi connectivity index (χ3v) is 14.9. The molecule has 434 valence electrons. The summed E-state index contributed by atoms with van der Waals surface area (Å²) in [5, 5.41) is 0. The zero-order valence-electron chi connectivity index (χ0n) is 49.9. The van der Waals surface area contributed by atoms with E-state index in [2.05, 4.69) is 57.2 Å². The van der Waals surface area contributed by atoms with Crippen LogP contribution in [0.5, 0.6) is 0 Å².